The smallest absolute Gasteiger partial charge is 0.280 e. The number of aromatic nitrogens is 2. The lowest BCUT2D eigenvalue weighted by atomic mass is 10.1. The Kier molecular flexibility index (Phi) is 4.36. The molecule has 7 heteroatoms. The number of hydrogen-bond acceptors (Lipinski definition) is 6. The molecular weight excluding hydrogens is 246 g/mol. The summed E-state index contributed by atoms with van der Waals surface area (Å²) >= 11 is 0. The van der Waals surface area contributed by atoms with E-state index in [2.05, 4.69) is 33.7 Å². The maximum absolute atomic E-state index is 12.1. The van der Waals surface area contributed by atoms with Crippen LogP contribution in [0.4, 0.5) is 5.82 Å². The molecule has 1 aliphatic heterocycles. The third kappa shape index (κ3) is 3.44. The van der Waals surface area contributed by atoms with Crippen LogP contribution in [0.2, 0.25) is 0 Å². The minimum atomic E-state index is -0.192. The summed E-state index contributed by atoms with van der Waals surface area (Å²) in [6.45, 7) is 8.72. The van der Waals surface area contributed by atoms with Crippen LogP contribution >= 0.6 is 0 Å². The zero-order valence-corrected chi connectivity index (χ0v) is 11.5. The lowest BCUT2D eigenvalue weighted by molar-refractivity contribution is 0.0622. The average molecular weight is 267 g/mol. The fourth-order valence-electron chi connectivity index (χ4n) is 2.11. The molecule has 2 heterocycles. The molecule has 0 spiro atoms. The van der Waals surface area contributed by atoms with Crippen LogP contribution in [0.3, 0.4) is 0 Å². The van der Waals surface area contributed by atoms with E-state index in [4.69, 9.17) is 5.73 Å². The third-order valence-corrected chi connectivity index (χ3v) is 3.40. The van der Waals surface area contributed by atoms with Gasteiger partial charge in [-0.15, -0.1) is 0 Å². The molecular formula is C12H21N5O2. The van der Waals surface area contributed by atoms with Gasteiger partial charge in [-0.1, -0.05) is 13.8 Å². The minimum Gasteiger partial charge on any atom is -0.379 e. The Bertz CT molecular complexity index is 424. The molecule has 2 N–H and O–H groups in total. The molecule has 0 aromatic carbocycles. The summed E-state index contributed by atoms with van der Waals surface area (Å²) in [4.78, 5) is 16.3. The zero-order chi connectivity index (χ0) is 13.8. The molecule has 7 nitrogen and oxygen atoms in total. The summed E-state index contributed by atoms with van der Waals surface area (Å²) in [5.74, 6) is 0.579. The Hall–Kier alpha value is -1.63. The van der Waals surface area contributed by atoms with Gasteiger partial charge in [0.1, 0.15) is 0 Å². The van der Waals surface area contributed by atoms with Crippen LogP contribution in [0.1, 0.15) is 30.8 Å². The molecule has 2 rings (SSSR count). The van der Waals surface area contributed by atoms with Crippen LogP contribution in [0.5, 0.6) is 0 Å². The number of nitrogens with zero attached hydrogens (tertiary/aromatic N) is 4. The van der Waals surface area contributed by atoms with Gasteiger partial charge >= 0.3 is 0 Å². The predicted molar refractivity (Wildman–Crippen MR) is 70.5 cm³/mol. The Morgan fingerprint density at radius 2 is 2.00 bits per heavy atom. The number of nitrogen functional groups attached to an aromatic ring is 1. The Morgan fingerprint density at radius 1 is 1.32 bits per heavy atom. The Balaban J connectivity index is 1.83. The first-order valence-electron chi connectivity index (χ1n) is 6.67. The molecule has 19 heavy (non-hydrogen) atoms. The summed E-state index contributed by atoms with van der Waals surface area (Å²) in [5.41, 5.74) is 5.65. The van der Waals surface area contributed by atoms with E-state index < -0.39 is 0 Å². The van der Waals surface area contributed by atoms with Crippen LogP contribution in [0, 0.1) is 5.92 Å². The van der Waals surface area contributed by atoms with Crippen molar-refractivity contribution in [2.75, 3.05) is 38.5 Å². The second kappa shape index (κ2) is 6.01. The summed E-state index contributed by atoms with van der Waals surface area (Å²) in [6, 6.07) is 0. The van der Waals surface area contributed by atoms with Gasteiger partial charge in [0, 0.05) is 26.2 Å². The Labute approximate surface area is 112 Å². The molecule has 0 bridgehead atoms. The number of carbonyl (C=O) groups is 1. The van der Waals surface area contributed by atoms with Crippen molar-refractivity contribution in [2.24, 2.45) is 5.92 Å². The molecule has 1 saturated heterocycles. The summed E-state index contributed by atoms with van der Waals surface area (Å²) in [7, 11) is 0. The van der Waals surface area contributed by atoms with E-state index in [0.717, 1.165) is 19.6 Å². The van der Waals surface area contributed by atoms with Crippen LogP contribution in [-0.2, 0) is 0 Å². The topological polar surface area (TPSA) is 88.5 Å². The SMILES string of the molecule is CC(C)CCN1CCN(C(=O)c2nonc2N)CC1. The molecule has 1 aromatic heterocycles. The van der Waals surface area contributed by atoms with Gasteiger partial charge in [-0.3, -0.25) is 9.69 Å². The largest absolute Gasteiger partial charge is 0.379 e. The molecule has 1 amide bonds. The summed E-state index contributed by atoms with van der Waals surface area (Å²) in [6.07, 6.45) is 1.19. The fraction of sp³-hybridized carbons (Fsp3) is 0.750. The van der Waals surface area contributed by atoms with E-state index in [9.17, 15) is 4.79 Å². The van der Waals surface area contributed by atoms with Crippen molar-refractivity contribution < 1.29 is 9.42 Å². The summed E-state index contributed by atoms with van der Waals surface area (Å²) < 4.78 is 4.46. The van der Waals surface area contributed by atoms with Crippen LogP contribution in [-0.4, -0.2) is 58.7 Å². The second-order valence-corrected chi connectivity index (χ2v) is 5.31. The van der Waals surface area contributed by atoms with Crippen LogP contribution in [0.15, 0.2) is 4.63 Å². The second-order valence-electron chi connectivity index (χ2n) is 5.31. The van der Waals surface area contributed by atoms with Gasteiger partial charge in [0.05, 0.1) is 0 Å². The normalized spacial score (nSPS) is 17.1. The van der Waals surface area contributed by atoms with E-state index in [1.807, 2.05) is 0 Å². The highest BCUT2D eigenvalue weighted by atomic mass is 16.6. The van der Waals surface area contributed by atoms with Gasteiger partial charge in [-0.25, -0.2) is 4.63 Å². The van der Waals surface area contributed by atoms with Crippen LogP contribution in [0.25, 0.3) is 0 Å². The van der Waals surface area contributed by atoms with E-state index >= 15 is 0 Å². The maximum atomic E-state index is 12.1. The molecule has 0 radical (unpaired) electrons. The molecule has 106 valence electrons. The number of anilines is 1. The van der Waals surface area contributed by atoms with Crippen molar-refractivity contribution in [1.82, 2.24) is 20.1 Å². The van der Waals surface area contributed by atoms with Gasteiger partial charge in [-0.2, -0.15) is 0 Å². The van der Waals surface area contributed by atoms with Crippen molar-refractivity contribution in [3.05, 3.63) is 5.69 Å². The molecule has 0 unspecified atom stereocenters. The van der Waals surface area contributed by atoms with Crippen molar-refractivity contribution in [2.45, 2.75) is 20.3 Å². The molecule has 0 saturated carbocycles. The van der Waals surface area contributed by atoms with Crippen molar-refractivity contribution in [3.63, 3.8) is 0 Å². The molecule has 0 atom stereocenters. The first-order chi connectivity index (χ1) is 9.08. The quantitative estimate of drug-likeness (QED) is 0.852. The first-order valence-corrected chi connectivity index (χ1v) is 6.67. The number of rotatable bonds is 4. The van der Waals surface area contributed by atoms with E-state index in [-0.39, 0.29) is 17.4 Å². The van der Waals surface area contributed by atoms with E-state index in [1.54, 1.807) is 4.90 Å². The van der Waals surface area contributed by atoms with Gasteiger partial charge in [0.15, 0.2) is 0 Å². The number of carbonyl (C=O) groups excluding carboxylic acids is 1. The number of nitrogens with two attached hydrogens (primary N) is 1. The molecule has 0 aliphatic carbocycles. The van der Waals surface area contributed by atoms with Gasteiger partial charge in [-0.05, 0) is 29.2 Å². The van der Waals surface area contributed by atoms with Gasteiger partial charge < -0.3 is 10.6 Å². The molecule has 1 aliphatic rings. The fourth-order valence-corrected chi connectivity index (χ4v) is 2.11. The third-order valence-electron chi connectivity index (χ3n) is 3.40. The average Bonchev–Trinajstić information content (AvgIpc) is 2.82. The maximum Gasteiger partial charge on any atom is 0.280 e. The van der Waals surface area contributed by atoms with Gasteiger partial charge in [0.25, 0.3) is 5.91 Å². The molecule has 1 fully saturated rings. The van der Waals surface area contributed by atoms with Gasteiger partial charge in [0.2, 0.25) is 11.5 Å². The number of hydrogen-bond donors (Lipinski definition) is 1. The number of piperazine rings is 1. The lowest BCUT2D eigenvalue weighted by Gasteiger charge is -2.34. The first kappa shape index (κ1) is 13.8. The van der Waals surface area contributed by atoms with Crippen molar-refractivity contribution in [3.8, 4) is 0 Å². The van der Waals surface area contributed by atoms with Crippen molar-refractivity contribution >= 4 is 11.7 Å². The van der Waals surface area contributed by atoms with E-state index in [1.165, 1.54) is 6.42 Å². The summed E-state index contributed by atoms with van der Waals surface area (Å²) in [5, 5.41) is 6.98. The Morgan fingerprint density at radius 3 is 2.53 bits per heavy atom. The van der Waals surface area contributed by atoms with Crippen LogP contribution < -0.4 is 5.73 Å². The van der Waals surface area contributed by atoms with E-state index in [0.29, 0.717) is 19.0 Å². The highest BCUT2D eigenvalue weighted by molar-refractivity contribution is 5.96. The molecule has 1 aromatic rings. The highest BCUT2D eigenvalue weighted by Gasteiger charge is 2.26. The minimum absolute atomic E-state index is 0.0623. The highest BCUT2D eigenvalue weighted by Crippen LogP contribution is 2.12. The zero-order valence-electron chi connectivity index (χ0n) is 11.5. The number of amides is 1. The monoisotopic (exact) mass is 267 g/mol. The standard InChI is InChI=1S/C12H21N5O2/c1-9(2)3-4-16-5-7-17(8-6-16)12(18)10-11(13)15-19-14-10/h9H,3-8H2,1-2H3,(H2,13,15). The van der Waals surface area contributed by atoms with Crippen molar-refractivity contribution in [1.29, 1.82) is 0 Å². The predicted octanol–water partition coefficient (Wildman–Crippen LogP) is 0.456. The lowest BCUT2D eigenvalue weighted by Crippen LogP contribution is -2.49.